The van der Waals surface area contributed by atoms with E-state index < -0.39 is 0 Å². The summed E-state index contributed by atoms with van der Waals surface area (Å²) in [6.45, 7) is 2.30. The zero-order valence-corrected chi connectivity index (χ0v) is 8.11. The third-order valence-electron chi connectivity index (χ3n) is 2.81. The fraction of sp³-hybridized carbons (Fsp3) is 0.385. The van der Waals surface area contributed by atoms with Gasteiger partial charge in [-0.05, 0) is 30.2 Å². The number of benzene rings is 1. The minimum atomic E-state index is 0.749. The molecule has 0 amide bonds. The molecule has 0 saturated heterocycles. The maximum atomic E-state index is 2.33. The molecule has 0 heterocycles. The van der Waals surface area contributed by atoms with E-state index in [1.807, 2.05) is 0 Å². The highest BCUT2D eigenvalue weighted by Gasteiger charge is 2.15. The fourth-order valence-corrected chi connectivity index (χ4v) is 2.10. The van der Waals surface area contributed by atoms with Crippen molar-refractivity contribution in [2.24, 2.45) is 5.92 Å². The fourth-order valence-electron chi connectivity index (χ4n) is 2.10. The van der Waals surface area contributed by atoms with Gasteiger partial charge in [0.1, 0.15) is 0 Å². The van der Waals surface area contributed by atoms with Crippen LogP contribution in [0.2, 0.25) is 0 Å². The van der Waals surface area contributed by atoms with Gasteiger partial charge < -0.3 is 0 Å². The Morgan fingerprint density at radius 3 is 2.62 bits per heavy atom. The molecule has 0 heteroatoms. The van der Waals surface area contributed by atoms with Gasteiger partial charge in [-0.15, -0.1) is 0 Å². The Morgan fingerprint density at radius 2 is 1.92 bits per heavy atom. The van der Waals surface area contributed by atoms with Gasteiger partial charge in [0.2, 0.25) is 0 Å². The molecule has 0 spiro atoms. The molecular weight excluding hydrogens is 156 g/mol. The van der Waals surface area contributed by atoms with E-state index in [4.69, 9.17) is 0 Å². The lowest BCUT2D eigenvalue weighted by Crippen LogP contribution is -2.06. The second-order valence-electron chi connectivity index (χ2n) is 3.98. The number of hydrogen-bond donors (Lipinski definition) is 0. The van der Waals surface area contributed by atoms with Crippen molar-refractivity contribution in [1.82, 2.24) is 0 Å². The van der Waals surface area contributed by atoms with Crippen LogP contribution >= 0.6 is 0 Å². The minimum Gasteiger partial charge on any atom is -0.0877 e. The Morgan fingerprint density at radius 1 is 1.15 bits per heavy atom. The van der Waals surface area contributed by atoms with Crippen LogP contribution in [0.3, 0.4) is 0 Å². The number of hydrogen-bond acceptors (Lipinski definition) is 0. The molecule has 0 aliphatic heterocycles. The molecule has 1 aliphatic rings. The van der Waals surface area contributed by atoms with Gasteiger partial charge in [0, 0.05) is 0 Å². The van der Waals surface area contributed by atoms with Crippen molar-refractivity contribution < 1.29 is 0 Å². The highest BCUT2D eigenvalue weighted by atomic mass is 14.2. The third kappa shape index (κ3) is 2.00. The van der Waals surface area contributed by atoms with Gasteiger partial charge in [0.15, 0.2) is 0 Å². The normalized spacial score (nSPS) is 27.5. The topological polar surface area (TPSA) is 0 Å². The zero-order valence-electron chi connectivity index (χ0n) is 8.11. The summed E-state index contributed by atoms with van der Waals surface area (Å²) in [6.07, 6.45) is 7.18. The van der Waals surface area contributed by atoms with Crippen LogP contribution in [0, 0.1) is 5.92 Å². The Hall–Kier alpha value is -1.04. The van der Waals surface area contributed by atoms with Crippen LogP contribution in [0.5, 0.6) is 0 Å². The molecule has 0 nitrogen and oxygen atoms in total. The first-order chi connectivity index (χ1) is 6.36. The largest absolute Gasteiger partial charge is 0.0877 e. The first-order valence-electron chi connectivity index (χ1n) is 5.08. The lowest BCUT2D eigenvalue weighted by atomic mass is 9.83. The van der Waals surface area contributed by atoms with Crippen molar-refractivity contribution in [1.29, 1.82) is 0 Å². The van der Waals surface area contributed by atoms with Crippen LogP contribution in [0.1, 0.15) is 31.2 Å². The smallest absolute Gasteiger partial charge is 0.0122 e. The average molecular weight is 172 g/mol. The minimum absolute atomic E-state index is 0.749. The standard InChI is InChI=1S/C13H16/c1-11-6-5-9-13(10-11)12-7-3-2-4-8-12/h2-8,11,13H,9-10H2,1H3/t11-,13-/m1/s1. The molecule has 1 aromatic carbocycles. The summed E-state index contributed by atoms with van der Waals surface area (Å²) in [4.78, 5) is 0. The van der Waals surface area contributed by atoms with E-state index in [-0.39, 0.29) is 0 Å². The average Bonchev–Trinajstić information content (AvgIpc) is 2.19. The summed E-state index contributed by atoms with van der Waals surface area (Å²) < 4.78 is 0. The quantitative estimate of drug-likeness (QED) is 0.566. The van der Waals surface area contributed by atoms with Crippen LogP contribution in [0.15, 0.2) is 42.5 Å². The molecular formula is C13H16. The van der Waals surface area contributed by atoms with Gasteiger partial charge in [-0.1, -0.05) is 49.4 Å². The Labute approximate surface area is 80.3 Å². The zero-order chi connectivity index (χ0) is 9.10. The molecule has 1 aliphatic carbocycles. The second-order valence-corrected chi connectivity index (χ2v) is 3.98. The van der Waals surface area contributed by atoms with Crippen molar-refractivity contribution in [2.75, 3.05) is 0 Å². The highest BCUT2D eigenvalue weighted by Crippen LogP contribution is 2.31. The summed E-state index contributed by atoms with van der Waals surface area (Å²) in [5, 5.41) is 0. The maximum Gasteiger partial charge on any atom is -0.0122 e. The number of rotatable bonds is 1. The highest BCUT2D eigenvalue weighted by molar-refractivity contribution is 5.21. The van der Waals surface area contributed by atoms with E-state index in [0.29, 0.717) is 0 Å². The predicted octanol–water partition coefficient (Wildman–Crippen LogP) is 3.76. The predicted molar refractivity (Wildman–Crippen MR) is 56.7 cm³/mol. The molecule has 0 saturated carbocycles. The lowest BCUT2D eigenvalue weighted by molar-refractivity contribution is 0.515. The van der Waals surface area contributed by atoms with E-state index in [1.165, 1.54) is 18.4 Å². The number of allylic oxidation sites excluding steroid dienone is 2. The van der Waals surface area contributed by atoms with Crippen LogP contribution in [0.4, 0.5) is 0 Å². The van der Waals surface area contributed by atoms with E-state index in [2.05, 4.69) is 49.4 Å². The first-order valence-corrected chi connectivity index (χ1v) is 5.08. The molecule has 0 bridgehead atoms. The Kier molecular flexibility index (Phi) is 2.49. The summed E-state index contributed by atoms with van der Waals surface area (Å²) >= 11 is 0. The van der Waals surface area contributed by atoms with Crippen LogP contribution in [-0.4, -0.2) is 0 Å². The van der Waals surface area contributed by atoms with Gasteiger partial charge in [-0.2, -0.15) is 0 Å². The maximum absolute atomic E-state index is 2.33. The van der Waals surface area contributed by atoms with Gasteiger partial charge in [-0.3, -0.25) is 0 Å². The van der Waals surface area contributed by atoms with Crippen LogP contribution < -0.4 is 0 Å². The summed E-state index contributed by atoms with van der Waals surface area (Å²) in [5.74, 6) is 1.50. The van der Waals surface area contributed by atoms with Gasteiger partial charge >= 0.3 is 0 Å². The lowest BCUT2D eigenvalue weighted by Gasteiger charge is -2.22. The first kappa shape index (κ1) is 8.55. The molecule has 1 aromatic rings. The molecule has 0 radical (unpaired) electrons. The van der Waals surface area contributed by atoms with E-state index >= 15 is 0 Å². The van der Waals surface area contributed by atoms with Crippen LogP contribution in [0.25, 0.3) is 0 Å². The molecule has 2 atom stereocenters. The molecule has 68 valence electrons. The third-order valence-corrected chi connectivity index (χ3v) is 2.81. The second kappa shape index (κ2) is 3.78. The summed E-state index contributed by atoms with van der Waals surface area (Å²) in [5.41, 5.74) is 1.50. The van der Waals surface area contributed by atoms with Crippen molar-refractivity contribution >= 4 is 0 Å². The molecule has 0 aromatic heterocycles. The Bertz CT molecular complexity index is 284. The molecule has 0 unspecified atom stereocenters. The van der Waals surface area contributed by atoms with Gasteiger partial charge in [0.25, 0.3) is 0 Å². The van der Waals surface area contributed by atoms with Crippen molar-refractivity contribution in [3.05, 3.63) is 48.0 Å². The van der Waals surface area contributed by atoms with Crippen molar-refractivity contribution in [3.8, 4) is 0 Å². The summed E-state index contributed by atoms with van der Waals surface area (Å²) in [7, 11) is 0. The van der Waals surface area contributed by atoms with E-state index in [0.717, 1.165) is 11.8 Å². The van der Waals surface area contributed by atoms with Crippen molar-refractivity contribution in [2.45, 2.75) is 25.7 Å². The molecule has 0 N–H and O–H groups in total. The van der Waals surface area contributed by atoms with Gasteiger partial charge in [-0.25, -0.2) is 0 Å². The molecule has 13 heavy (non-hydrogen) atoms. The van der Waals surface area contributed by atoms with E-state index in [1.54, 1.807) is 0 Å². The summed E-state index contributed by atoms with van der Waals surface area (Å²) in [6, 6.07) is 10.9. The SMILES string of the molecule is C[C@@H]1C=CC[C@@H](c2ccccc2)C1. The molecule has 2 rings (SSSR count). The molecule has 0 fully saturated rings. The van der Waals surface area contributed by atoms with Crippen LogP contribution in [-0.2, 0) is 0 Å². The Balaban J connectivity index is 2.15. The van der Waals surface area contributed by atoms with Gasteiger partial charge in [0.05, 0.1) is 0 Å². The van der Waals surface area contributed by atoms with E-state index in [9.17, 15) is 0 Å². The van der Waals surface area contributed by atoms with Crippen molar-refractivity contribution in [3.63, 3.8) is 0 Å². The monoisotopic (exact) mass is 172 g/mol.